The van der Waals surface area contributed by atoms with E-state index in [2.05, 4.69) is 24.1 Å². The second-order valence-electron chi connectivity index (χ2n) is 5.19. The average molecular weight is 196 g/mol. The van der Waals surface area contributed by atoms with Gasteiger partial charge in [-0.05, 0) is 32.7 Å². The average Bonchev–Trinajstić information content (AvgIpc) is 2.61. The first-order valence-corrected chi connectivity index (χ1v) is 6.25. The van der Waals surface area contributed by atoms with Crippen LogP contribution in [0, 0.1) is 0 Å². The van der Waals surface area contributed by atoms with Crippen molar-refractivity contribution in [3.05, 3.63) is 0 Å². The van der Waals surface area contributed by atoms with Crippen LogP contribution in [-0.2, 0) is 0 Å². The highest BCUT2D eigenvalue weighted by Gasteiger charge is 2.39. The van der Waals surface area contributed by atoms with Crippen molar-refractivity contribution < 1.29 is 0 Å². The predicted molar refractivity (Wildman–Crippen MR) is 60.5 cm³/mol. The monoisotopic (exact) mass is 196 g/mol. The second-order valence-corrected chi connectivity index (χ2v) is 5.19. The summed E-state index contributed by atoms with van der Waals surface area (Å²) in [7, 11) is 0. The fourth-order valence-corrected chi connectivity index (χ4v) is 3.07. The molecule has 2 heteroatoms. The largest absolute Gasteiger partial charge is 0.308 e. The smallest absolute Gasteiger partial charge is 0.0309 e. The molecule has 0 bridgehead atoms. The van der Waals surface area contributed by atoms with Gasteiger partial charge in [-0.25, -0.2) is 0 Å². The normalized spacial score (nSPS) is 32.6. The Morgan fingerprint density at radius 1 is 1.36 bits per heavy atom. The van der Waals surface area contributed by atoms with Gasteiger partial charge in [0.05, 0.1) is 0 Å². The SMILES string of the molecule is CCCN1CC2(CCCC2)NCC1C. The summed E-state index contributed by atoms with van der Waals surface area (Å²) in [4.78, 5) is 2.68. The Kier molecular flexibility index (Phi) is 3.13. The Morgan fingerprint density at radius 3 is 2.71 bits per heavy atom. The van der Waals surface area contributed by atoms with Crippen molar-refractivity contribution in [3.63, 3.8) is 0 Å². The summed E-state index contributed by atoms with van der Waals surface area (Å²) >= 11 is 0. The molecule has 1 atom stereocenters. The lowest BCUT2D eigenvalue weighted by Crippen LogP contribution is -2.62. The van der Waals surface area contributed by atoms with Crippen LogP contribution >= 0.6 is 0 Å². The van der Waals surface area contributed by atoms with Gasteiger partial charge in [-0.3, -0.25) is 4.90 Å². The van der Waals surface area contributed by atoms with Crippen LogP contribution in [-0.4, -0.2) is 36.1 Å². The third-order valence-corrected chi connectivity index (χ3v) is 3.97. The highest BCUT2D eigenvalue weighted by molar-refractivity contribution is 4.99. The maximum atomic E-state index is 3.79. The number of nitrogens with one attached hydrogen (secondary N) is 1. The maximum Gasteiger partial charge on any atom is 0.0309 e. The van der Waals surface area contributed by atoms with E-state index >= 15 is 0 Å². The molecule has 1 heterocycles. The molecule has 14 heavy (non-hydrogen) atoms. The lowest BCUT2D eigenvalue weighted by Gasteiger charge is -2.45. The summed E-state index contributed by atoms with van der Waals surface area (Å²) in [6.07, 6.45) is 6.96. The van der Waals surface area contributed by atoms with Gasteiger partial charge in [0.2, 0.25) is 0 Å². The molecule has 0 aromatic heterocycles. The van der Waals surface area contributed by atoms with Crippen molar-refractivity contribution in [2.45, 2.75) is 57.5 Å². The molecular weight excluding hydrogens is 172 g/mol. The van der Waals surface area contributed by atoms with E-state index in [1.165, 1.54) is 51.7 Å². The topological polar surface area (TPSA) is 15.3 Å². The van der Waals surface area contributed by atoms with Crippen LogP contribution in [0.15, 0.2) is 0 Å². The Hall–Kier alpha value is -0.0800. The quantitative estimate of drug-likeness (QED) is 0.727. The van der Waals surface area contributed by atoms with Crippen molar-refractivity contribution >= 4 is 0 Å². The van der Waals surface area contributed by atoms with E-state index in [1.807, 2.05) is 0 Å². The van der Waals surface area contributed by atoms with E-state index in [1.54, 1.807) is 0 Å². The minimum atomic E-state index is 0.502. The molecule has 82 valence electrons. The highest BCUT2D eigenvalue weighted by atomic mass is 15.2. The first kappa shape index (κ1) is 10.4. The number of hydrogen-bond donors (Lipinski definition) is 1. The highest BCUT2D eigenvalue weighted by Crippen LogP contribution is 2.32. The molecule has 2 aliphatic rings. The van der Waals surface area contributed by atoms with Gasteiger partial charge in [0.15, 0.2) is 0 Å². The van der Waals surface area contributed by atoms with Crippen molar-refractivity contribution in [1.29, 1.82) is 0 Å². The van der Waals surface area contributed by atoms with E-state index in [9.17, 15) is 0 Å². The Balaban J connectivity index is 1.97. The second kappa shape index (κ2) is 4.19. The van der Waals surface area contributed by atoms with Gasteiger partial charge in [0, 0.05) is 24.7 Å². The number of hydrogen-bond acceptors (Lipinski definition) is 2. The van der Waals surface area contributed by atoms with Gasteiger partial charge in [-0.15, -0.1) is 0 Å². The number of nitrogens with zero attached hydrogens (tertiary/aromatic N) is 1. The minimum absolute atomic E-state index is 0.502. The Bertz CT molecular complexity index is 185. The van der Waals surface area contributed by atoms with Crippen LogP contribution in [0.25, 0.3) is 0 Å². The van der Waals surface area contributed by atoms with Crippen molar-refractivity contribution in [3.8, 4) is 0 Å². The molecule has 0 aromatic carbocycles. The lowest BCUT2D eigenvalue weighted by molar-refractivity contribution is 0.0894. The van der Waals surface area contributed by atoms with Crippen molar-refractivity contribution in [1.82, 2.24) is 10.2 Å². The van der Waals surface area contributed by atoms with Crippen molar-refractivity contribution in [2.24, 2.45) is 0 Å². The lowest BCUT2D eigenvalue weighted by atomic mass is 9.92. The van der Waals surface area contributed by atoms with Gasteiger partial charge in [-0.1, -0.05) is 19.8 Å². The van der Waals surface area contributed by atoms with Crippen LogP contribution in [0.5, 0.6) is 0 Å². The molecule has 0 amide bonds. The predicted octanol–water partition coefficient (Wildman–Crippen LogP) is 2.00. The third-order valence-electron chi connectivity index (χ3n) is 3.97. The maximum absolute atomic E-state index is 3.79. The van der Waals surface area contributed by atoms with Gasteiger partial charge < -0.3 is 5.32 Å². The number of piperazine rings is 1. The van der Waals surface area contributed by atoms with E-state index in [0.29, 0.717) is 5.54 Å². The molecule has 1 aliphatic heterocycles. The molecule has 1 saturated heterocycles. The summed E-state index contributed by atoms with van der Waals surface area (Å²) < 4.78 is 0. The molecule has 0 radical (unpaired) electrons. The Morgan fingerprint density at radius 2 is 2.07 bits per heavy atom. The third kappa shape index (κ3) is 1.96. The zero-order valence-electron chi connectivity index (χ0n) is 9.68. The molecule has 2 nitrogen and oxygen atoms in total. The number of rotatable bonds is 2. The molecule has 0 aromatic rings. The van der Waals surface area contributed by atoms with Crippen LogP contribution in [0.1, 0.15) is 46.0 Å². The van der Waals surface area contributed by atoms with Crippen LogP contribution < -0.4 is 5.32 Å². The zero-order chi connectivity index (χ0) is 10.0. The molecule has 1 N–H and O–H groups in total. The standard InChI is InChI=1S/C12H24N2/c1-3-8-14-10-12(6-4-5-7-12)13-9-11(14)2/h11,13H,3-10H2,1-2H3. The summed E-state index contributed by atoms with van der Waals surface area (Å²) in [5.74, 6) is 0. The first-order valence-electron chi connectivity index (χ1n) is 6.25. The molecule has 1 saturated carbocycles. The first-order chi connectivity index (χ1) is 6.76. The molecule has 1 spiro atoms. The molecule has 2 rings (SSSR count). The van der Waals surface area contributed by atoms with Gasteiger partial charge in [-0.2, -0.15) is 0 Å². The van der Waals surface area contributed by atoms with E-state index in [-0.39, 0.29) is 0 Å². The fraction of sp³-hybridized carbons (Fsp3) is 1.00. The van der Waals surface area contributed by atoms with Gasteiger partial charge in [0.25, 0.3) is 0 Å². The van der Waals surface area contributed by atoms with Gasteiger partial charge >= 0.3 is 0 Å². The van der Waals surface area contributed by atoms with E-state index < -0.39 is 0 Å². The summed E-state index contributed by atoms with van der Waals surface area (Å²) in [6.45, 7) is 8.41. The van der Waals surface area contributed by atoms with Gasteiger partial charge in [0.1, 0.15) is 0 Å². The fourth-order valence-electron chi connectivity index (χ4n) is 3.07. The molecule has 1 aliphatic carbocycles. The molecule has 1 unspecified atom stereocenters. The van der Waals surface area contributed by atoms with E-state index in [0.717, 1.165) is 6.04 Å². The van der Waals surface area contributed by atoms with Crippen LogP contribution in [0.4, 0.5) is 0 Å². The zero-order valence-corrected chi connectivity index (χ0v) is 9.68. The van der Waals surface area contributed by atoms with Crippen LogP contribution in [0.3, 0.4) is 0 Å². The van der Waals surface area contributed by atoms with Crippen molar-refractivity contribution in [2.75, 3.05) is 19.6 Å². The molecular formula is C12H24N2. The minimum Gasteiger partial charge on any atom is -0.308 e. The summed E-state index contributed by atoms with van der Waals surface area (Å²) in [5.41, 5.74) is 0.502. The summed E-state index contributed by atoms with van der Waals surface area (Å²) in [6, 6.07) is 0.737. The summed E-state index contributed by atoms with van der Waals surface area (Å²) in [5, 5.41) is 3.79. The van der Waals surface area contributed by atoms with E-state index in [4.69, 9.17) is 0 Å². The van der Waals surface area contributed by atoms with Crippen LogP contribution in [0.2, 0.25) is 0 Å². The molecule has 2 fully saturated rings. The Labute approximate surface area is 88.1 Å².